The van der Waals surface area contributed by atoms with E-state index in [1.54, 1.807) is 0 Å². The molecule has 16 heavy (non-hydrogen) atoms. The van der Waals surface area contributed by atoms with Crippen molar-refractivity contribution < 1.29 is 0 Å². The number of hydrogen-bond donors (Lipinski definition) is 1. The fourth-order valence-corrected chi connectivity index (χ4v) is 2.74. The zero-order valence-electron chi connectivity index (χ0n) is 10.3. The Kier molecular flexibility index (Phi) is 3.59. The highest BCUT2D eigenvalue weighted by Crippen LogP contribution is 2.36. The summed E-state index contributed by atoms with van der Waals surface area (Å²) < 4.78 is 2.19. The Morgan fingerprint density at radius 2 is 2.19 bits per heavy atom. The van der Waals surface area contributed by atoms with Crippen LogP contribution in [0.1, 0.15) is 57.3 Å². The number of nitrogens with two attached hydrogens (primary N) is 1. The molecule has 0 aliphatic heterocycles. The predicted molar refractivity (Wildman–Crippen MR) is 64.2 cm³/mol. The third-order valence-corrected chi connectivity index (χ3v) is 3.70. The summed E-state index contributed by atoms with van der Waals surface area (Å²) in [6.45, 7) is 5.12. The smallest absolute Gasteiger partial charge is 0.136 e. The van der Waals surface area contributed by atoms with Crippen LogP contribution in [0, 0.1) is 5.92 Å². The van der Waals surface area contributed by atoms with Gasteiger partial charge < -0.3 is 10.3 Å². The number of aromatic nitrogens is 3. The van der Waals surface area contributed by atoms with E-state index in [0.29, 0.717) is 17.9 Å². The molecular weight excluding hydrogens is 200 g/mol. The molecule has 2 N–H and O–H groups in total. The first-order valence-corrected chi connectivity index (χ1v) is 6.33. The van der Waals surface area contributed by atoms with Crippen molar-refractivity contribution in [2.75, 3.05) is 6.54 Å². The molecule has 0 spiro atoms. The van der Waals surface area contributed by atoms with Crippen LogP contribution in [-0.4, -0.2) is 21.3 Å². The zero-order chi connectivity index (χ0) is 11.5. The molecule has 2 atom stereocenters. The lowest BCUT2D eigenvalue weighted by molar-refractivity contribution is 0.294. The highest BCUT2D eigenvalue weighted by molar-refractivity contribution is 5.02. The Bertz CT molecular complexity index is 332. The Morgan fingerprint density at radius 3 is 2.88 bits per heavy atom. The molecular formula is C12H22N4. The summed E-state index contributed by atoms with van der Waals surface area (Å²) in [6.07, 6.45) is 6.92. The summed E-state index contributed by atoms with van der Waals surface area (Å²) in [5, 5.41) is 8.38. The van der Waals surface area contributed by atoms with Crippen LogP contribution in [0.2, 0.25) is 0 Å². The van der Waals surface area contributed by atoms with Crippen LogP contribution in [0.3, 0.4) is 0 Å². The molecule has 0 radical (unpaired) electrons. The van der Waals surface area contributed by atoms with E-state index in [1.165, 1.54) is 25.7 Å². The van der Waals surface area contributed by atoms with Gasteiger partial charge >= 0.3 is 0 Å². The Morgan fingerprint density at radius 1 is 1.44 bits per heavy atom. The number of hydrogen-bond acceptors (Lipinski definition) is 3. The molecule has 1 aromatic rings. The maximum Gasteiger partial charge on any atom is 0.136 e. The average Bonchev–Trinajstić information content (AvgIpc) is 2.77. The van der Waals surface area contributed by atoms with Gasteiger partial charge in [0.05, 0.1) is 0 Å². The first kappa shape index (κ1) is 11.6. The number of nitrogens with zero attached hydrogens (tertiary/aromatic N) is 3. The monoisotopic (exact) mass is 222 g/mol. The Hall–Kier alpha value is -0.900. The maximum absolute atomic E-state index is 5.87. The molecule has 1 fully saturated rings. The fraction of sp³-hybridized carbons (Fsp3) is 0.833. The lowest BCUT2D eigenvalue weighted by Gasteiger charge is -2.30. The molecule has 4 heteroatoms. The molecule has 90 valence electrons. The van der Waals surface area contributed by atoms with Gasteiger partial charge in [-0.1, -0.05) is 12.8 Å². The van der Waals surface area contributed by atoms with Crippen LogP contribution in [0.15, 0.2) is 6.33 Å². The largest absolute Gasteiger partial charge is 0.330 e. The van der Waals surface area contributed by atoms with E-state index in [0.717, 1.165) is 12.4 Å². The third-order valence-electron chi connectivity index (χ3n) is 3.70. The average molecular weight is 222 g/mol. The molecule has 1 aliphatic carbocycles. The van der Waals surface area contributed by atoms with Gasteiger partial charge in [-0.05, 0) is 39.2 Å². The zero-order valence-corrected chi connectivity index (χ0v) is 10.3. The molecule has 0 saturated heterocycles. The molecule has 1 heterocycles. The minimum absolute atomic E-state index is 0.436. The molecule has 1 aromatic heterocycles. The van der Waals surface area contributed by atoms with Gasteiger partial charge in [-0.15, -0.1) is 10.2 Å². The topological polar surface area (TPSA) is 56.7 Å². The summed E-state index contributed by atoms with van der Waals surface area (Å²) in [4.78, 5) is 0. The van der Waals surface area contributed by atoms with E-state index < -0.39 is 0 Å². The van der Waals surface area contributed by atoms with Crippen molar-refractivity contribution in [2.45, 2.75) is 51.5 Å². The fourth-order valence-electron chi connectivity index (χ4n) is 2.74. The minimum Gasteiger partial charge on any atom is -0.330 e. The summed E-state index contributed by atoms with van der Waals surface area (Å²) in [7, 11) is 0. The summed E-state index contributed by atoms with van der Waals surface area (Å²) in [5.41, 5.74) is 5.87. The van der Waals surface area contributed by atoms with Gasteiger partial charge in [0, 0.05) is 12.0 Å². The Labute approximate surface area is 97.2 Å². The van der Waals surface area contributed by atoms with Crippen LogP contribution >= 0.6 is 0 Å². The molecule has 1 aliphatic rings. The normalized spacial score (nSPS) is 26.2. The van der Waals surface area contributed by atoms with Crippen LogP contribution in [-0.2, 0) is 0 Å². The first-order valence-electron chi connectivity index (χ1n) is 6.33. The minimum atomic E-state index is 0.436. The van der Waals surface area contributed by atoms with Crippen molar-refractivity contribution in [3.05, 3.63) is 12.2 Å². The van der Waals surface area contributed by atoms with E-state index in [-0.39, 0.29) is 0 Å². The van der Waals surface area contributed by atoms with E-state index in [4.69, 9.17) is 5.73 Å². The molecule has 4 nitrogen and oxygen atoms in total. The van der Waals surface area contributed by atoms with Gasteiger partial charge in [-0.25, -0.2) is 0 Å². The predicted octanol–water partition coefficient (Wildman–Crippen LogP) is 2.09. The second kappa shape index (κ2) is 4.95. The van der Waals surface area contributed by atoms with Crippen molar-refractivity contribution in [3.8, 4) is 0 Å². The lowest BCUT2D eigenvalue weighted by Crippen LogP contribution is -2.27. The molecule has 1 saturated carbocycles. The molecule has 0 bridgehead atoms. The van der Waals surface area contributed by atoms with Crippen molar-refractivity contribution in [2.24, 2.45) is 11.7 Å². The van der Waals surface area contributed by atoms with Crippen LogP contribution in [0.25, 0.3) is 0 Å². The Balaban J connectivity index is 2.23. The third kappa shape index (κ3) is 2.12. The lowest BCUT2D eigenvalue weighted by atomic mass is 9.78. The second-order valence-electron chi connectivity index (χ2n) is 5.08. The summed E-state index contributed by atoms with van der Waals surface area (Å²) >= 11 is 0. The van der Waals surface area contributed by atoms with Crippen molar-refractivity contribution >= 4 is 0 Å². The number of rotatable bonds is 3. The van der Waals surface area contributed by atoms with E-state index >= 15 is 0 Å². The molecule has 2 rings (SSSR count). The SMILES string of the molecule is CC(C)n1cnnc1C1CCCCC1CN. The van der Waals surface area contributed by atoms with E-state index in [9.17, 15) is 0 Å². The van der Waals surface area contributed by atoms with Crippen molar-refractivity contribution in [1.82, 2.24) is 14.8 Å². The van der Waals surface area contributed by atoms with Gasteiger partial charge in [0.15, 0.2) is 0 Å². The van der Waals surface area contributed by atoms with E-state index in [1.807, 2.05) is 6.33 Å². The van der Waals surface area contributed by atoms with Gasteiger partial charge in [0.1, 0.15) is 12.2 Å². The van der Waals surface area contributed by atoms with Gasteiger partial charge in [0.2, 0.25) is 0 Å². The molecule has 0 aromatic carbocycles. The van der Waals surface area contributed by atoms with Gasteiger partial charge in [-0.2, -0.15) is 0 Å². The molecule has 2 unspecified atom stereocenters. The second-order valence-corrected chi connectivity index (χ2v) is 5.08. The van der Waals surface area contributed by atoms with Gasteiger partial charge in [0.25, 0.3) is 0 Å². The quantitative estimate of drug-likeness (QED) is 0.852. The van der Waals surface area contributed by atoms with Crippen molar-refractivity contribution in [1.29, 1.82) is 0 Å². The van der Waals surface area contributed by atoms with Gasteiger partial charge in [-0.3, -0.25) is 0 Å². The summed E-state index contributed by atoms with van der Waals surface area (Å²) in [5.74, 6) is 2.25. The van der Waals surface area contributed by atoms with E-state index in [2.05, 4.69) is 28.6 Å². The van der Waals surface area contributed by atoms with Crippen LogP contribution < -0.4 is 5.73 Å². The maximum atomic E-state index is 5.87. The highest BCUT2D eigenvalue weighted by atomic mass is 15.3. The highest BCUT2D eigenvalue weighted by Gasteiger charge is 2.29. The van der Waals surface area contributed by atoms with Crippen LogP contribution in [0.5, 0.6) is 0 Å². The standard InChI is InChI=1S/C12H22N4/c1-9(2)16-8-14-15-12(16)11-6-4-3-5-10(11)7-13/h8-11H,3-7,13H2,1-2H3. The first-order chi connectivity index (χ1) is 7.74. The van der Waals surface area contributed by atoms with Crippen LogP contribution in [0.4, 0.5) is 0 Å². The summed E-state index contributed by atoms with van der Waals surface area (Å²) in [6, 6.07) is 0.436. The molecule has 0 amide bonds. The van der Waals surface area contributed by atoms with Crippen molar-refractivity contribution in [3.63, 3.8) is 0 Å².